The summed E-state index contributed by atoms with van der Waals surface area (Å²) in [6, 6.07) is -3.57. The Kier molecular flexibility index (Phi) is 15.5. The van der Waals surface area contributed by atoms with Crippen molar-refractivity contribution < 1.29 is 29.1 Å². The van der Waals surface area contributed by atoms with Crippen LogP contribution in [-0.4, -0.2) is 91.5 Å². The first kappa shape index (κ1) is 31.4. The number of amides is 4. The van der Waals surface area contributed by atoms with Crippen LogP contribution >= 0.6 is 0 Å². The molecule has 1 saturated heterocycles. The highest BCUT2D eigenvalue weighted by atomic mass is 16.3. The molecule has 206 valence electrons. The quantitative estimate of drug-likeness (QED) is 0.0697. The van der Waals surface area contributed by atoms with Crippen molar-refractivity contribution in [1.82, 2.24) is 26.6 Å². The molecule has 0 aromatic rings. The van der Waals surface area contributed by atoms with Gasteiger partial charge in [0.25, 0.3) is 0 Å². The molecule has 10 N–H and O–H groups in total. The summed E-state index contributed by atoms with van der Waals surface area (Å²) in [6.45, 7) is 2.64. The van der Waals surface area contributed by atoms with Crippen LogP contribution in [0, 0.1) is 0 Å². The molecule has 1 aliphatic rings. The molecule has 5 atom stereocenters. The van der Waals surface area contributed by atoms with E-state index in [0.717, 1.165) is 13.0 Å². The first-order valence-corrected chi connectivity index (χ1v) is 12.7. The third-order valence-electron chi connectivity index (χ3n) is 5.96. The molecule has 1 heterocycles. The van der Waals surface area contributed by atoms with Crippen molar-refractivity contribution in [3.05, 3.63) is 0 Å². The number of aldehydes is 1. The predicted octanol–water partition coefficient (Wildman–Crippen LogP) is -2.85. The van der Waals surface area contributed by atoms with E-state index in [9.17, 15) is 29.1 Å². The van der Waals surface area contributed by atoms with Crippen molar-refractivity contribution in [3.63, 3.8) is 0 Å². The van der Waals surface area contributed by atoms with E-state index in [2.05, 4.69) is 26.6 Å². The van der Waals surface area contributed by atoms with E-state index in [1.807, 2.05) is 0 Å². The molecule has 0 spiro atoms. The molecule has 0 aromatic carbocycles. The predicted molar refractivity (Wildman–Crippen MR) is 133 cm³/mol. The second kappa shape index (κ2) is 17.8. The van der Waals surface area contributed by atoms with Crippen molar-refractivity contribution in [2.45, 2.75) is 88.6 Å². The summed E-state index contributed by atoms with van der Waals surface area (Å²) < 4.78 is 0. The van der Waals surface area contributed by atoms with Gasteiger partial charge in [0.15, 0.2) is 0 Å². The number of aliphatic hydroxyl groups is 1. The number of aliphatic hydroxyl groups excluding tert-OH is 1. The van der Waals surface area contributed by atoms with Gasteiger partial charge in [0.2, 0.25) is 23.6 Å². The van der Waals surface area contributed by atoms with Gasteiger partial charge in [-0.15, -0.1) is 0 Å². The van der Waals surface area contributed by atoms with Gasteiger partial charge in [-0.25, -0.2) is 0 Å². The summed E-state index contributed by atoms with van der Waals surface area (Å²) in [6.07, 6.45) is 3.80. The number of carbonyl (C=O) groups excluding carboxylic acids is 5. The summed E-state index contributed by atoms with van der Waals surface area (Å²) >= 11 is 0. The van der Waals surface area contributed by atoms with Crippen LogP contribution in [0.4, 0.5) is 0 Å². The lowest BCUT2D eigenvalue weighted by molar-refractivity contribution is -0.135. The minimum Gasteiger partial charge on any atom is -0.391 e. The average molecular weight is 514 g/mol. The summed E-state index contributed by atoms with van der Waals surface area (Å²) in [5, 5.41) is 23.3. The van der Waals surface area contributed by atoms with Gasteiger partial charge in [-0.2, -0.15) is 0 Å². The molecular weight excluding hydrogens is 470 g/mol. The Labute approximate surface area is 212 Å². The molecule has 13 heteroatoms. The summed E-state index contributed by atoms with van der Waals surface area (Å²) in [7, 11) is 0. The van der Waals surface area contributed by atoms with Gasteiger partial charge in [-0.05, 0) is 77.9 Å². The largest absolute Gasteiger partial charge is 0.391 e. The highest BCUT2D eigenvalue weighted by Gasteiger charge is 2.32. The zero-order chi connectivity index (χ0) is 26.9. The second-order valence-corrected chi connectivity index (χ2v) is 8.98. The molecule has 0 unspecified atom stereocenters. The van der Waals surface area contributed by atoms with E-state index in [4.69, 9.17) is 11.5 Å². The van der Waals surface area contributed by atoms with E-state index in [1.54, 1.807) is 0 Å². The molecule has 0 aromatic heterocycles. The third-order valence-corrected chi connectivity index (χ3v) is 5.96. The van der Waals surface area contributed by atoms with Gasteiger partial charge >= 0.3 is 0 Å². The number of carbonyl (C=O) groups is 5. The van der Waals surface area contributed by atoms with Crippen molar-refractivity contribution in [2.24, 2.45) is 11.5 Å². The molecule has 1 fully saturated rings. The zero-order valence-electron chi connectivity index (χ0n) is 21.1. The summed E-state index contributed by atoms with van der Waals surface area (Å²) in [5.74, 6) is -2.19. The lowest BCUT2D eigenvalue weighted by atomic mass is 10.0. The lowest BCUT2D eigenvalue weighted by Crippen LogP contribution is -2.59. The normalized spacial score (nSPS) is 18.4. The standard InChI is InChI=1S/C23H43N7O6/c1-15(32)19(23(36)27-13-14-31)30-22(35)18(8-3-5-11-25)29-21(34)17(7-2-4-10-24)28-20(33)16-9-6-12-26-16/h14-19,26,32H,2-13,24-25H2,1H3,(H,27,36)(H,28,33)(H,29,34)(H,30,35)/t15-,16+,17+,18+,19+/m1/s1. The van der Waals surface area contributed by atoms with Crippen LogP contribution in [0.1, 0.15) is 58.3 Å². The molecule has 36 heavy (non-hydrogen) atoms. The van der Waals surface area contributed by atoms with Crippen molar-refractivity contribution >= 4 is 29.9 Å². The number of nitrogens with two attached hydrogens (primary N) is 2. The molecule has 0 radical (unpaired) electrons. The van der Waals surface area contributed by atoms with E-state index in [-0.39, 0.29) is 24.9 Å². The van der Waals surface area contributed by atoms with Gasteiger partial charge in [0, 0.05) is 0 Å². The summed E-state index contributed by atoms with van der Waals surface area (Å²) in [4.78, 5) is 61.7. The van der Waals surface area contributed by atoms with E-state index in [1.165, 1.54) is 6.92 Å². The Hall–Kier alpha value is -2.61. The van der Waals surface area contributed by atoms with Crippen molar-refractivity contribution in [2.75, 3.05) is 26.2 Å². The topological polar surface area (TPSA) is 218 Å². The third kappa shape index (κ3) is 11.4. The Bertz CT molecular complexity index is 715. The molecular formula is C23H43N7O6. The van der Waals surface area contributed by atoms with E-state index in [0.29, 0.717) is 57.9 Å². The van der Waals surface area contributed by atoms with Crippen LogP contribution in [0.25, 0.3) is 0 Å². The molecule has 0 aliphatic carbocycles. The average Bonchev–Trinajstić information content (AvgIpc) is 3.39. The molecule has 1 aliphatic heterocycles. The minimum atomic E-state index is -1.32. The molecule has 0 saturated carbocycles. The Balaban J connectivity index is 2.95. The highest BCUT2D eigenvalue weighted by Crippen LogP contribution is 2.09. The summed E-state index contributed by atoms with van der Waals surface area (Å²) in [5.41, 5.74) is 11.1. The van der Waals surface area contributed by atoms with Crippen LogP contribution in [0.15, 0.2) is 0 Å². The number of rotatable bonds is 18. The van der Waals surface area contributed by atoms with Crippen molar-refractivity contribution in [1.29, 1.82) is 0 Å². The van der Waals surface area contributed by atoms with Crippen LogP contribution in [0.5, 0.6) is 0 Å². The first-order chi connectivity index (χ1) is 17.2. The Morgan fingerprint density at radius 2 is 1.53 bits per heavy atom. The smallest absolute Gasteiger partial charge is 0.245 e. The fourth-order valence-corrected chi connectivity index (χ4v) is 3.89. The van der Waals surface area contributed by atoms with Gasteiger partial charge in [-0.3, -0.25) is 19.2 Å². The molecule has 4 amide bonds. The van der Waals surface area contributed by atoms with Crippen LogP contribution in [-0.2, 0) is 24.0 Å². The van der Waals surface area contributed by atoms with Gasteiger partial charge < -0.3 is 48.0 Å². The maximum Gasteiger partial charge on any atom is 0.245 e. The minimum absolute atomic E-state index is 0.241. The molecule has 1 rings (SSSR count). The SMILES string of the molecule is C[C@@H](O)[C@H](NC(=O)[C@H](CCCCN)NC(=O)[C@H](CCCCN)NC(=O)[C@@H]1CCCN1)C(=O)NCC=O. The highest BCUT2D eigenvalue weighted by molar-refractivity contribution is 5.95. The fraction of sp³-hybridized carbons (Fsp3) is 0.783. The van der Waals surface area contributed by atoms with Gasteiger partial charge in [0.1, 0.15) is 24.4 Å². The van der Waals surface area contributed by atoms with E-state index >= 15 is 0 Å². The maximum absolute atomic E-state index is 13.2. The first-order valence-electron chi connectivity index (χ1n) is 12.7. The van der Waals surface area contributed by atoms with Crippen molar-refractivity contribution in [3.8, 4) is 0 Å². The number of nitrogens with one attached hydrogen (secondary N) is 5. The molecule has 13 nitrogen and oxygen atoms in total. The van der Waals surface area contributed by atoms with Gasteiger partial charge in [-0.1, -0.05) is 0 Å². The zero-order valence-corrected chi connectivity index (χ0v) is 21.1. The monoisotopic (exact) mass is 513 g/mol. The number of unbranched alkanes of at least 4 members (excludes halogenated alkanes) is 2. The Morgan fingerprint density at radius 3 is 2.03 bits per heavy atom. The Morgan fingerprint density at radius 1 is 0.944 bits per heavy atom. The lowest BCUT2D eigenvalue weighted by Gasteiger charge is -2.26. The molecule has 0 bridgehead atoms. The van der Waals surface area contributed by atoms with Crippen LogP contribution < -0.4 is 38.1 Å². The number of hydrogen-bond acceptors (Lipinski definition) is 9. The number of hydrogen-bond donors (Lipinski definition) is 8. The van der Waals surface area contributed by atoms with E-state index < -0.39 is 42.0 Å². The maximum atomic E-state index is 13.2. The van der Waals surface area contributed by atoms with Gasteiger partial charge in [0.05, 0.1) is 18.7 Å². The second-order valence-electron chi connectivity index (χ2n) is 8.98. The van der Waals surface area contributed by atoms with Crippen LogP contribution in [0.2, 0.25) is 0 Å². The van der Waals surface area contributed by atoms with Crippen LogP contribution in [0.3, 0.4) is 0 Å². The fourth-order valence-electron chi connectivity index (χ4n) is 3.89.